The molecular weight excluding hydrogens is 470 g/mol. The minimum absolute atomic E-state index is 0.206. The zero-order valence-electron chi connectivity index (χ0n) is 19.8. The van der Waals surface area contributed by atoms with Gasteiger partial charge in [-0.1, -0.05) is 60.7 Å². The maximum atomic E-state index is 11.7. The van der Waals surface area contributed by atoms with Crippen molar-refractivity contribution in [3.8, 4) is 12.1 Å². The largest absolute Gasteiger partial charge is 0.283 e. The number of nitrogens with zero attached hydrogens (tertiary/aromatic N) is 4. The normalized spacial score (nSPS) is 19.6. The molecule has 8 heteroatoms. The molecule has 2 aliphatic rings. The molecule has 36 heavy (non-hydrogen) atoms. The van der Waals surface area contributed by atoms with E-state index < -0.39 is 10.0 Å². The van der Waals surface area contributed by atoms with E-state index in [0.29, 0.717) is 29.8 Å². The lowest BCUT2D eigenvalue weighted by Crippen LogP contribution is -2.23. The molecule has 4 rings (SSSR count). The lowest BCUT2D eigenvalue weighted by atomic mass is 9.91. The predicted octanol–water partition coefficient (Wildman–Crippen LogP) is 6.13. The van der Waals surface area contributed by atoms with Crippen molar-refractivity contribution in [2.24, 2.45) is 16.1 Å². The molecule has 0 fully saturated rings. The van der Waals surface area contributed by atoms with Gasteiger partial charge in [-0.15, -0.1) is 0 Å². The van der Waals surface area contributed by atoms with Gasteiger partial charge in [0, 0.05) is 12.0 Å². The highest BCUT2D eigenvalue weighted by atomic mass is 32.2. The van der Waals surface area contributed by atoms with Gasteiger partial charge in [-0.2, -0.15) is 20.8 Å². The first kappa shape index (κ1) is 24.8. The van der Waals surface area contributed by atoms with Crippen LogP contribution in [0.3, 0.4) is 0 Å². The monoisotopic (exact) mass is 495 g/mol. The van der Waals surface area contributed by atoms with Gasteiger partial charge >= 0.3 is 0 Å². The number of hydrogen-bond donors (Lipinski definition) is 1. The van der Waals surface area contributed by atoms with Crippen LogP contribution in [0.25, 0.3) is 11.8 Å². The standard InChI is InChI=1S/C28H25N5O2S/c1-36(34,35)33-28-15-14-27(25-4-2-3-5-26(25)28)32-31-24-12-8-21(9-13-24)18-23(19-30)22-10-6-20(7-11-22)16-17-29/h2-6,8-13,15,18,20,27,33H,7,14,16H2,1H3/b23-18+,32-31?. The molecule has 0 saturated heterocycles. The maximum Gasteiger partial charge on any atom is 0.229 e. The van der Waals surface area contributed by atoms with Crippen molar-refractivity contribution in [1.29, 1.82) is 10.5 Å². The zero-order chi connectivity index (χ0) is 25.5. The molecule has 2 atom stereocenters. The number of fused-ring (bicyclic) bond motifs is 1. The Hall–Kier alpha value is -4.27. The van der Waals surface area contributed by atoms with E-state index >= 15 is 0 Å². The molecule has 0 aromatic heterocycles. The molecule has 0 heterocycles. The van der Waals surface area contributed by atoms with Crippen molar-refractivity contribution in [3.05, 3.63) is 101 Å². The fourth-order valence-corrected chi connectivity index (χ4v) is 4.75. The van der Waals surface area contributed by atoms with Crippen LogP contribution in [-0.2, 0) is 10.0 Å². The third kappa shape index (κ3) is 6.24. The quantitative estimate of drug-likeness (QED) is 0.367. The summed E-state index contributed by atoms with van der Waals surface area (Å²) >= 11 is 0. The predicted molar refractivity (Wildman–Crippen MR) is 140 cm³/mol. The van der Waals surface area contributed by atoms with Gasteiger partial charge in [-0.25, -0.2) is 8.42 Å². The lowest BCUT2D eigenvalue weighted by Gasteiger charge is -2.22. The van der Waals surface area contributed by atoms with E-state index in [4.69, 9.17) is 5.26 Å². The Balaban J connectivity index is 1.47. The van der Waals surface area contributed by atoms with Crippen molar-refractivity contribution < 1.29 is 8.42 Å². The van der Waals surface area contributed by atoms with E-state index in [9.17, 15) is 13.7 Å². The van der Waals surface area contributed by atoms with Crippen LogP contribution < -0.4 is 4.72 Å². The molecule has 0 radical (unpaired) electrons. The zero-order valence-corrected chi connectivity index (χ0v) is 20.6. The summed E-state index contributed by atoms with van der Waals surface area (Å²) in [4.78, 5) is 0. The third-order valence-electron chi connectivity index (χ3n) is 5.94. The molecule has 7 nitrogen and oxygen atoms in total. The summed E-state index contributed by atoms with van der Waals surface area (Å²) in [7, 11) is -3.38. The number of sulfonamides is 1. The Bertz CT molecular complexity index is 1480. The molecule has 2 aromatic rings. The van der Waals surface area contributed by atoms with Gasteiger partial charge in [0.25, 0.3) is 0 Å². The van der Waals surface area contributed by atoms with Crippen molar-refractivity contribution >= 4 is 27.5 Å². The van der Waals surface area contributed by atoms with Crippen LogP contribution in [0, 0.1) is 28.6 Å². The first-order valence-electron chi connectivity index (χ1n) is 11.5. The fourth-order valence-electron chi connectivity index (χ4n) is 4.16. The van der Waals surface area contributed by atoms with Crippen molar-refractivity contribution in [3.63, 3.8) is 0 Å². The Morgan fingerprint density at radius 1 is 1.11 bits per heavy atom. The SMILES string of the molecule is CS(=O)(=O)NC1=CCC(N=Nc2ccc(/C=C(\C#N)C3=CCC(CC#N)C=C3)cc2)c2ccccc21. The van der Waals surface area contributed by atoms with Gasteiger partial charge in [0.1, 0.15) is 6.04 Å². The summed E-state index contributed by atoms with van der Waals surface area (Å²) in [6.45, 7) is 0. The van der Waals surface area contributed by atoms with Gasteiger partial charge in [0.05, 0.1) is 35.4 Å². The second-order valence-corrected chi connectivity index (χ2v) is 10.4. The minimum Gasteiger partial charge on any atom is -0.283 e. The second kappa shape index (κ2) is 11.0. The molecule has 0 spiro atoms. The molecule has 0 saturated carbocycles. The minimum atomic E-state index is -3.38. The molecule has 2 aliphatic carbocycles. The van der Waals surface area contributed by atoms with Gasteiger partial charge in [0.15, 0.2) is 0 Å². The second-order valence-electron chi connectivity index (χ2n) is 8.68. The van der Waals surface area contributed by atoms with Gasteiger partial charge < -0.3 is 0 Å². The van der Waals surface area contributed by atoms with E-state index in [1.54, 1.807) is 0 Å². The average molecular weight is 496 g/mol. The van der Waals surface area contributed by atoms with Crippen LogP contribution in [0.5, 0.6) is 0 Å². The van der Waals surface area contributed by atoms with E-state index in [1.807, 2.05) is 78.9 Å². The van der Waals surface area contributed by atoms with Crippen LogP contribution in [-0.4, -0.2) is 14.7 Å². The Kier molecular flexibility index (Phi) is 7.58. The molecule has 180 valence electrons. The topological polar surface area (TPSA) is 118 Å². The summed E-state index contributed by atoms with van der Waals surface area (Å²) in [5.74, 6) is 0.206. The van der Waals surface area contributed by atoms with E-state index in [1.165, 1.54) is 0 Å². The number of benzene rings is 2. The number of allylic oxidation sites excluding steroid dienone is 5. The molecule has 0 aliphatic heterocycles. The summed E-state index contributed by atoms with van der Waals surface area (Å²) in [5, 5.41) is 27.4. The van der Waals surface area contributed by atoms with Crippen LogP contribution in [0.15, 0.2) is 94.2 Å². The van der Waals surface area contributed by atoms with Crippen LogP contribution in [0.1, 0.15) is 42.0 Å². The Morgan fingerprint density at radius 3 is 2.56 bits per heavy atom. The highest BCUT2D eigenvalue weighted by Crippen LogP contribution is 2.35. The summed E-state index contributed by atoms with van der Waals surface area (Å²) in [6, 6.07) is 19.3. The van der Waals surface area contributed by atoms with Gasteiger partial charge in [-0.05, 0) is 53.7 Å². The Labute approximate surface area is 211 Å². The average Bonchev–Trinajstić information content (AvgIpc) is 2.87. The summed E-state index contributed by atoms with van der Waals surface area (Å²) in [5.41, 5.74) is 5.27. The number of rotatable bonds is 7. The summed E-state index contributed by atoms with van der Waals surface area (Å²) in [6.07, 6.45) is 12.5. The smallest absolute Gasteiger partial charge is 0.229 e. The number of hydrogen-bond acceptors (Lipinski definition) is 6. The lowest BCUT2D eigenvalue weighted by molar-refractivity contribution is 0.597. The maximum absolute atomic E-state index is 11.7. The van der Waals surface area contributed by atoms with E-state index in [-0.39, 0.29) is 12.0 Å². The highest BCUT2D eigenvalue weighted by Gasteiger charge is 2.22. The van der Waals surface area contributed by atoms with E-state index in [0.717, 1.165) is 34.9 Å². The van der Waals surface area contributed by atoms with E-state index in [2.05, 4.69) is 27.1 Å². The molecule has 0 bridgehead atoms. The first-order chi connectivity index (χ1) is 17.4. The highest BCUT2D eigenvalue weighted by molar-refractivity contribution is 7.89. The number of azo groups is 1. The fraction of sp³-hybridized carbons (Fsp3) is 0.214. The molecule has 0 amide bonds. The molecule has 2 unspecified atom stereocenters. The molecule has 1 N–H and O–H groups in total. The summed E-state index contributed by atoms with van der Waals surface area (Å²) < 4.78 is 26.0. The van der Waals surface area contributed by atoms with Crippen molar-refractivity contribution in [1.82, 2.24) is 4.72 Å². The molecule has 2 aromatic carbocycles. The van der Waals surface area contributed by atoms with Gasteiger partial charge in [0.2, 0.25) is 10.0 Å². The van der Waals surface area contributed by atoms with Crippen molar-refractivity contribution in [2.45, 2.75) is 25.3 Å². The van der Waals surface area contributed by atoms with Gasteiger partial charge in [-0.3, -0.25) is 4.72 Å². The number of nitrogens with one attached hydrogen (secondary N) is 1. The Morgan fingerprint density at radius 2 is 1.89 bits per heavy atom. The first-order valence-corrected chi connectivity index (χ1v) is 13.4. The number of nitriles is 2. The van der Waals surface area contributed by atoms with Crippen molar-refractivity contribution in [2.75, 3.05) is 6.26 Å². The van der Waals surface area contributed by atoms with Crippen LogP contribution >= 0.6 is 0 Å². The third-order valence-corrected chi connectivity index (χ3v) is 6.53. The molecular formula is C28H25N5O2S. The van der Waals surface area contributed by atoms with Crippen LogP contribution in [0.4, 0.5) is 5.69 Å². The van der Waals surface area contributed by atoms with Crippen LogP contribution in [0.2, 0.25) is 0 Å².